The van der Waals surface area contributed by atoms with Crippen LogP contribution < -0.4 is 4.18 Å². The van der Waals surface area contributed by atoms with E-state index in [1.54, 1.807) is 41.3 Å². The van der Waals surface area contributed by atoms with E-state index in [2.05, 4.69) is 15.9 Å². The minimum atomic E-state index is -4.69. The molecule has 0 aliphatic carbocycles. The lowest BCUT2D eigenvalue weighted by Crippen LogP contribution is -2.33. The van der Waals surface area contributed by atoms with Gasteiger partial charge in [0.15, 0.2) is 0 Å². The lowest BCUT2D eigenvalue weighted by Gasteiger charge is -2.25. The molecule has 3 aromatic rings. The maximum atomic E-state index is 13.1. The minimum Gasteiger partial charge on any atom is -0.379 e. The number of carbonyl (C=O) groups is 1. The number of rotatable bonds is 8. The molecule has 0 spiro atoms. The van der Waals surface area contributed by atoms with Crippen LogP contribution >= 0.6 is 15.9 Å². The molecule has 0 aromatic heterocycles. The number of alkyl halides is 3. The normalized spacial score (nSPS) is 12.0. The molecule has 0 unspecified atom stereocenters. The van der Waals surface area contributed by atoms with Gasteiger partial charge in [-0.15, -0.1) is 0 Å². The Labute approximate surface area is 210 Å². The largest absolute Gasteiger partial charge is 0.416 e. The predicted octanol–water partition coefficient (Wildman–Crippen LogP) is 6.53. The molecule has 0 aliphatic heterocycles. The summed E-state index contributed by atoms with van der Waals surface area (Å²) in [6.45, 7) is 4.60. The molecule has 0 fully saturated rings. The Hall–Kier alpha value is -2.85. The molecule has 5 nitrogen and oxygen atoms in total. The van der Waals surface area contributed by atoms with Gasteiger partial charge in [0.05, 0.1) is 5.56 Å². The number of hydrogen-bond acceptors (Lipinski definition) is 4. The van der Waals surface area contributed by atoms with Gasteiger partial charge in [-0.05, 0) is 66.1 Å². The summed E-state index contributed by atoms with van der Waals surface area (Å²) in [4.78, 5) is 14.1. The van der Waals surface area contributed by atoms with Gasteiger partial charge < -0.3 is 9.08 Å². The number of halogens is 4. The average molecular weight is 570 g/mol. The first-order chi connectivity index (χ1) is 16.3. The van der Waals surface area contributed by atoms with Gasteiger partial charge in [0, 0.05) is 23.1 Å². The molecule has 0 saturated heterocycles. The SMILES string of the molecule is CC(C)CN(Cc1cccc(OS(=O)(=O)c2cccc(C(F)(F)F)c2)c1)C(=O)c1ccc(Br)cc1. The summed E-state index contributed by atoms with van der Waals surface area (Å²) in [5.74, 6) is -0.0790. The van der Waals surface area contributed by atoms with Gasteiger partial charge in [-0.25, -0.2) is 0 Å². The second kappa shape index (κ2) is 10.8. The molecular formula is C25H23BrF3NO4S. The summed E-state index contributed by atoms with van der Waals surface area (Å²) in [6.07, 6.45) is -4.69. The highest BCUT2D eigenvalue weighted by atomic mass is 79.9. The summed E-state index contributed by atoms with van der Waals surface area (Å²) in [5, 5.41) is 0. The van der Waals surface area contributed by atoms with Gasteiger partial charge >= 0.3 is 16.3 Å². The first kappa shape index (κ1) is 26.7. The van der Waals surface area contributed by atoms with Crippen LogP contribution in [-0.2, 0) is 22.8 Å². The van der Waals surface area contributed by atoms with Gasteiger partial charge in [-0.3, -0.25) is 4.79 Å². The average Bonchev–Trinajstić information content (AvgIpc) is 2.78. The highest BCUT2D eigenvalue weighted by Crippen LogP contribution is 2.31. The molecule has 35 heavy (non-hydrogen) atoms. The standard InChI is InChI=1S/C25H23BrF3NO4S/c1-17(2)15-30(24(31)19-9-11-21(26)12-10-19)16-18-5-3-7-22(13-18)34-35(32,33)23-8-4-6-20(14-23)25(27,28)29/h3-14,17H,15-16H2,1-2H3. The Kier molecular flexibility index (Phi) is 8.27. The van der Waals surface area contributed by atoms with E-state index in [9.17, 15) is 26.4 Å². The summed E-state index contributed by atoms with van der Waals surface area (Å²) in [5.41, 5.74) is 0.0212. The fourth-order valence-corrected chi connectivity index (χ4v) is 4.59. The Balaban J connectivity index is 1.83. The Morgan fingerprint density at radius 1 is 1.00 bits per heavy atom. The predicted molar refractivity (Wildman–Crippen MR) is 129 cm³/mol. The van der Waals surface area contributed by atoms with Crippen molar-refractivity contribution < 1.29 is 30.6 Å². The van der Waals surface area contributed by atoms with Crippen molar-refractivity contribution in [3.05, 3.63) is 94.0 Å². The molecule has 0 saturated carbocycles. The third kappa shape index (κ3) is 7.32. The summed E-state index contributed by atoms with van der Waals surface area (Å²) in [7, 11) is -4.51. The molecular weight excluding hydrogens is 547 g/mol. The van der Waals surface area contributed by atoms with E-state index in [1.165, 1.54) is 12.1 Å². The number of hydrogen-bond donors (Lipinski definition) is 0. The zero-order valence-electron chi connectivity index (χ0n) is 18.9. The van der Waals surface area contributed by atoms with Crippen molar-refractivity contribution >= 4 is 32.0 Å². The van der Waals surface area contributed by atoms with Crippen molar-refractivity contribution in [1.82, 2.24) is 4.90 Å². The zero-order chi connectivity index (χ0) is 25.8. The lowest BCUT2D eigenvalue weighted by molar-refractivity contribution is -0.137. The van der Waals surface area contributed by atoms with Gasteiger partial charge in [0.1, 0.15) is 10.6 Å². The van der Waals surface area contributed by atoms with Crippen LogP contribution in [0.3, 0.4) is 0 Å². The van der Waals surface area contributed by atoms with Crippen molar-refractivity contribution in [3.8, 4) is 5.75 Å². The van der Waals surface area contributed by atoms with Crippen LogP contribution in [0, 0.1) is 5.92 Å². The topological polar surface area (TPSA) is 63.7 Å². The van der Waals surface area contributed by atoms with Crippen LogP contribution in [0.1, 0.15) is 35.3 Å². The van der Waals surface area contributed by atoms with Gasteiger partial charge in [-0.2, -0.15) is 21.6 Å². The van der Waals surface area contributed by atoms with Crippen LogP contribution in [-0.4, -0.2) is 25.8 Å². The number of carbonyl (C=O) groups excluding carboxylic acids is 1. The van der Waals surface area contributed by atoms with E-state index in [0.29, 0.717) is 23.7 Å². The molecule has 0 bridgehead atoms. The smallest absolute Gasteiger partial charge is 0.379 e. The van der Waals surface area contributed by atoms with Crippen molar-refractivity contribution in [2.45, 2.75) is 31.5 Å². The second-order valence-electron chi connectivity index (χ2n) is 8.30. The maximum Gasteiger partial charge on any atom is 0.416 e. The van der Waals surface area contributed by atoms with E-state index in [1.807, 2.05) is 13.8 Å². The van der Waals surface area contributed by atoms with Crippen LogP contribution in [0.25, 0.3) is 0 Å². The van der Waals surface area contributed by atoms with Crippen LogP contribution in [0.2, 0.25) is 0 Å². The van der Waals surface area contributed by atoms with Crippen LogP contribution in [0.15, 0.2) is 82.2 Å². The molecule has 186 valence electrons. The van der Waals surface area contributed by atoms with Crippen LogP contribution in [0.5, 0.6) is 5.75 Å². The first-order valence-electron chi connectivity index (χ1n) is 10.6. The Bertz CT molecular complexity index is 1290. The first-order valence-corrected chi connectivity index (χ1v) is 12.8. The van der Waals surface area contributed by atoms with E-state index >= 15 is 0 Å². The molecule has 1 amide bonds. The molecule has 0 aliphatic rings. The maximum absolute atomic E-state index is 13.1. The molecule has 10 heteroatoms. The van der Waals surface area contributed by atoms with Gasteiger partial charge in [0.2, 0.25) is 0 Å². The number of benzene rings is 3. The highest BCUT2D eigenvalue weighted by molar-refractivity contribution is 9.10. The summed E-state index contributed by atoms with van der Waals surface area (Å²) >= 11 is 3.34. The number of nitrogens with zero attached hydrogens (tertiary/aromatic N) is 1. The van der Waals surface area contributed by atoms with Gasteiger partial charge in [-0.1, -0.05) is 48.0 Å². The van der Waals surface area contributed by atoms with Crippen molar-refractivity contribution in [2.75, 3.05) is 6.54 Å². The van der Waals surface area contributed by atoms with Crippen molar-refractivity contribution in [3.63, 3.8) is 0 Å². The van der Waals surface area contributed by atoms with E-state index in [0.717, 1.165) is 22.7 Å². The molecule has 0 radical (unpaired) electrons. The third-order valence-corrected chi connectivity index (χ3v) is 6.66. The highest BCUT2D eigenvalue weighted by Gasteiger charge is 2.32. The molecule has 0 atom stereocenters. The fraction of sp³-hybridized carbons (Fsp3) is 0.240. The lowest BCUT2D eigenvalue weighted by atomic mass is 10.1. The van der Waals surface area contributed by atoms with E-state index < -0.39 is 26.8 Å². The third-order valence-electron chi connectivity index (χ3n) is 4.89. The monoisotopic (exact) mass is 569 g/mol. The molecule has 3 rings (SSSR count). The fourth-order valence-electron chi connectivity index (χ4n) is 3.35. The minimum absolute atomic E-state index is 0.0690. The second-order valence-corrected chi connectivity index (χ2v) is 10.8. The van der Waals surface area contributed by atoms with E-state index in [-0.39, 0.29) is 24.1 Å². The summed E-state index contributed by atoms with van der Waals surface area (Å²) in [6, 6.07) is 16.4. The van der Waals surface area contributed by atoms with Crippen molar-refractivity contribution in [2.24, 2.45) is 5.92 Å². The quantitative estimate of drug-likeness (QED) is 0.289. The number of amides is 1. The molecule has 0 N–H and O–H groups in total. The van der Waals surface area contributed by atoms with E-state index in [4.69, 9.17) is 4.18 Å². The van der Waals surface area contributed by atoms with Gasteiger partial charge in [0.25, 0.3) is 5.91 Å². The molecule has 0 heterocycles. The Morgan fingerprint density at radius 3 is 2.29 bits per heavy atom. The molecule has 3 aromatic carbocycles. The summed E-state index contributed by atoms with van der Waals surface area (Å²) < 4.78 is 70.2. The Morgan fingerprint density at radius 2 is 1.66 bits per heavy atom. The van der Waals surface area contributed by atoms with Crippen molar-refractivity contribution in [1.29, 1.82) is 0 Å². The zero-order valence-corrected chi connectivity index (χ0v) is 21.3. The van der Waals surface area contributed by atoms with Crippen LogP contribution in [0.4, 0.5) is 13.2 Å².